The van der Waals surface area contributed by atoms with Crippen molar-refractivity contribution in [3.8, 4) is 0 Å². The second kappa shape index (κ2) is 6.63. The highest BCUT2D eigenvalue weighted by atomic mass is 16.6. The number of hydrogen-bond donors (Lipinski definition) is 1. The SMILES string of the molecule is CN(Cc1ccc([N+](=O)[O-])cc1)C1CCCNCC1. The van der Waals surface area contributed by atoms with Gasteiger partial charge in [0.15, 0.2) is 0 Å². The number of non-ortho nitro benzene ring substituents is 1. The van der Waals surface area contributed by atoms with Gasteiger partial charge in [-0.2, -0.15) is 0 Å². The van der Waals surface area contributed by atoms with Gasteiger partial charge >= 0.3 is 0 Å². The molecular weight excluding hydrogens is 242 g/mol. The fourth-order valence-electron chi connectivity index (χ4n) is 2.58. The van der Waals surface area contributed by atoms with E-state index in [0.717, 1.165) is 25.2 Å². The van der Waals surface area contributed by atoms with Crippen molar-refractivity contribution < 1.29 is 4.92 Å². The van der Waals surface area contributed by atoms with Gasteiger partial charge in [0.2, 0.25) is 0 Å². The van der Waals surface area contributed by atoms with Crippen molar-refractivity contribution >= 4 is 5.69 Å². The summed E-state index contributed by atoms with van der Waals surface area (Å²) >= 11 is 0. The monoisotopic (exact) mass is 263 g/mol. The number of nitrogens with one attached hydrogen (secondary N) is 1. The van der Waals surface area contributed by atoms with E-state index in [1.807, 2.05) is 12.1 Å². The molecule has 1 aromatic rings. The normalized spacial score (nSPS) is 20.2. The zero-order chi connectivity index (χ0) is 13.7. The van der Waals surface area contributed by atoms with Gasteiger partial charge in [0.05, 0.1) is 4.92 Å². The number of benzene rings is 1. The lowest BCUT2D eigenvalue weighted by atomic mass is 10.1. The molecule has 0 bridgehead atoms. The summed E-state index contributed by atoms with van der Waals surface area (Å²) in [5.74, 6) is 0. The van der Waals surface area contributed by atoms with Crippen LogP contribution < -0.4 is 5.32 Å². The van der Waals surface area contributed by atoms with Gasteiger partial charge in [-0.3, -0.25) is 15.0 Å². The molecule has 1 aromatic carbocycles. The lowest BCUT2D eigenvalue weighted by Crippen LogP contribution is -2.31. The van der Waals surface area contributed by atoms with Gasteiger partial charge in [-0.1, -0.05) is 12.1 Å². The second-order valence-electron chi connectivity index (χ2n) is 5.17. The highest BCUT2D eigenvalue weighted by Gasteiger charge is 2.16. The fraction of sp³-hybridized carbons (Fsp3) is 0.571. The van der Waals surface area contributed by atoms with Crippen molar-refractivity contribution in [1.82, 2.24) is 10.2 Å². The van der Waals surface area contributed by atoms with Crippen molar-refractivity contribution in [2.24, 2.45) is 0 Å². The molecule has 1 aliphatic heterocycles. The molecule has 0 radical (unpaired) electrons. The van der Waals surface area contributed by atoms with Crippen LogP contribution in [0, 0.1) is 10.1 Å². The van der Waals surface area contributed by atoms with Crippen LogP contribution in [0.3, 0.4) is 0 Å². The second-order valence-corrected chi connectivity index (χ2v) is 5.17. The van der Waals surface area contributed by atoms with E-state index < -0.39 is 0 Å². The summed E-state index contributed by atoms with van der Waals surface area (Å²) in [6.45, 7) is 3.04. The lowest BCUT2D eigenvalue weighted by molar-refractivity contribution is -0.384. The minimum absolute atomic E-state index is 0.157. The summed E-state index contributed by atoms with van der Waals surface area (Å²) in [6, 6.07) is 7.47. The zero-order valence-corrected chi connectivity index (χ0v) is 11.3. The molecule has 2 rings (SSSR count). The van der Waals surface area contributed by atoms with Gasteiger partial charge in [0.25, 0.3) is 5.69 Å². The topological polar surface area (TPSA) is 58.4 Å². The average molecular weight is 263 g/mol. The average Bonchev–Trinajstić information content (AvgIpc) is 2.68. The number of hydrogen-bond acceptors (Lipinski definition) is 4. The van der Waals surface area contributed by atoms with E-state index in [1.54, 1.807) is 12.1 Å². The number of rotatable bonds is 4. The molecule has 1 N–H and O–H groups in total. The first-order chi connectivity index (χ1) is 9.16. The Labute approximate surface area is 113 Å². The van der Waals surface area contributed by atoms with Crippen LogP contribution in [-0.4, -0.2) is 36.0 Å². The first kappa shape index (κ1) is 14.0. The molecule has 1 aliphatic rings. The smallest absolute Gasteiger partial charge is 0.269 e. The van der Waals surface area contributed by atoms with E-state index in [2.05, 4.69) is 17.3 Å². The Kier molecular flexibility index (Phi) is 4.87. The predicted octanol–water partition coefficient (Wildman–Crippen LogP) is 2.17. The van der Waals surface area contributed by atoms with Gasteiger partial charge in [-0.05, 0) is 45.0 Å². The Hall–Kier alpha value is -1.46. The standard InChI is InChI=1S/C14H21N3O2/c1-16(13-3-2-9-15-10-8-13)11-12-4-6-14(7-5-12)17(18)19/h4-7,13,15H,2-3,8-11H2,1H3. The molecule has 1 atom stereocenters. The Bertz CT molecular complexity index is 411. The predicted molar refractivity (Wildman–Crippen MR) is 75.1 cm³/mol. The third-order valence-electron chi connectivity index (χ3n) is 3.75. The molecule has 1 heterocycles. The van der Waals surface area contributed by atoms with E-state index in [4.69, 9.17) is 0 Å². The largest absolute Gasteiger partial charge is 0.317 e. The van der Waals surface area contributed by atoms with E-state index in [1.165, 1.54) is 19.3 Å². The molecule has 1 fully saturated rings. The fourth-order valence-corrected chi connectivity index (χ4v) is 2.58. The van der Waals surface area contributed by atoms with E-state index in [-0.39, 0.29) is 10.6 Å². The van der Waals surface area contributed by atoms with Crippen LogP contribution in [0.15, 0.2) is 24.3 Å². The van der Waals surface area contributed by atoms with Crippen molar-refractivity contribution in [2.75, 3.05) is 20.1 Å². The van der Waals surface area contributed by atoms with Gasteiger partial charge in [-0.15, -0.1) is 0 Å². The van der Waals surface area contributed by atoms with Crippen molar-refractivity contribution in [3.05, 3.63) is 39.9 Å². The molecule has 0 spiro atoms. The molecule has 5 heteroatoms. The summed E-state index contributed by atoms with van der Waals surface area (Å²) in [7, 11) is 2.14. The minimum atomic E-state index is -0.357. The summed E-state index contributed by atoms with van der Waals surface area (Å²) in [6.07, 6.45) is 3.61. The Morgan fingerprint density at radius 1 is 1.32 bits per heavy atom. The first-order valence-corrected chi connectivity index (χ1v) is 6.81. The van der Waals surface area contributed by atoms with Crippen LogP contribution in [0.4, 0.5) is 5.69 Å². The quantitative estimate of drug-likeness (QED) is 0.668. The molecule has 19 heavy (non-hydrogen) atoms. The van der Waals surface area contributed by atoms with E-state index >= 15 is 0 Å². The Morgan fingerprint density at radius 2 is 2.05 bits per heavy atom. The van der Waals surface area contributed by atoms with Gasteiger partial charge in [0, 0.05) is 24.7 Å². The molecule has 0 aromatic heterocycles. The summed E-state index contributed by atoms with van der Waals surface area (Å²) in [5.41, 5.74) is 1.29. The molecule has 0 aliphatic carbocycles. The van der Waals surface area contributed by atoms with Crippen molar-refractivity contribution in [2.45, 2.75) is 31.8 Å². The minimum Gasteiger partial charge on any atom is -0.317 e. The van der Waals surface area contributed by atoms with Crippen molar-refractivity contribution in [1.29, 1.82) is 0 Å². The summed E-state index contributed by atoms with van der Waals surface area (Å²) in [5, 5.41) is 14.0. The van der Waals surface area contributed by atoms with E-state index in [9.17, 15) is 10.1 Å². The molecule has 104 valence electrons. The van der Waals surface area contributed by atoms with Gasteiger partial charge in [-0.25, -0.2) is 0 Å². The maximum atomic E-state index is 10.6. The van der Waals surface area contributed by atoms with Crippen LogP contribution in [0.2, 0.25) is 0 Å². The third kappa shape index (κ3) is 4.01. The van der Waals surface area contributed by atoms with E-state index in [0.29, 0.717) is 6.04 Å². The highest BCUT2D eigenvalue weighted by molar-refractivity contribution is 5.32. The maximum absolute atomic E-state index is 10.6. The third-order valence-corrected chi connectivity index (χ3v) is 3.75. The van der Waals surface area contributed by atoms with Gasteiger partial charge < -0.3 is 5.32 Å². The lowest BCUT2D eigenvalue weighted by Gasteiger charge is -2.26. The summed E-state index contributed by atoms with van der Waals surface area (Å²) in [4.78, 5) is 12.6. The maximum Gasteiger partial charge on any atom is 0.269 e. The van der Waals surface area contributed by atoms with Crippen LogP contribution >= 0.6 is 0 Å². The van der Waals surface area contributed by atoms with Crippen LogP contribution in [0.25, 0.3) is 0 Å². The summed E-state index contributed by atoms with van der Waals surface area (Å²) < 4.78 is 0. The van der Waals surface area contributed by atoms with Gasteiger partial charge in [0.1, 0.15) is 0 Å². The molecule has 0 amide bonds. The molecule has 1 saturated heterocycles. The number of nitrogens with zero attached hydrogens (tertiary/aromatic N) is 2. The molecular formula is C14H21N3O2. The Balaban J connectivity index is 1.93. The van der Waals surface area contributed by atoms with Crippen molar-refractivity contribution in [3.63, 3.8) is 0 Å². The number of nitro groups is 1. The van der Waals surface area contributed by atoms with Crippen LogP contribution in [0.5, 0.6) is 0 Å². The number of nitro benzene ring substituents is 1. The highest BCUT2D eigenvalue weighted by Crippen LogP contribution is 2.17. The van der Waals surface area contributed by atoms with Crippen LogP contribution in [0.1, 0.15) is 24.8 Å². The Morgan fingerprint density at radius 3 is 2.74 bits per heavy atom. The van der Waals surface area contributed by atoms with Crippen LogP contribution in [-0.2, 0) is 6.54 Å². The molecule has 5 nitrogen and oxygen atoms in total. The molecule has 0 saturated carbocycles. The molecule has 1 unspecified atom stereocenters. The zero-order valence-electron chi connectivity index (χ0n) is 11.3. The first-order valence-electron chi connectivity index (χ1n) is 6.81.